The third kappa shape index (κ3) is 1.43. The smallest absolute Gasteiger partial charge is 0.135 e. The number of hydrogen-bond acceptors (Lipinski definition) is 1. The highest BCUT2D eigenvalue weighted by Gasteiger charge is 1.40. The van der Waals surface area contributed by atoms with E-state index in [0.29, 0.717) is 6.34 Å². The van der Waals surface area contributed by atoms with E-state index in [2.05, 4.69) is 0 Å². The summed E-state index contributed by atoms with van der Waals surface area (Å²) in [6.45, 7) is 0. The van der Waals surface area contributed by atoms with Crippen LogP contribution in [0, 0.1) is 0 Å². The molecule has 4 heavy (non-hydrogen) atoms. The first-order valence-electron chi connectivity index (χ1n) is 0.770. The standard InChI is InChI=1S/CH3N2O/c2-1-3-4/h1,3-4H. The normalized spacial score (nSPS) is 5.25. The molecule has 0 saturated carbocycles. The van der Waals surface area contributed by atoms with Crippen LogP contribution in [0.3, 0.4) is 0 Å². The predicted octanol–water partition coefficient (Wildman–Crippen LogP) is -1.21. The third-order valence-corrected chi connectivity index (χ3v) is 0.0577. The Labute approximate surface area is 23.7 Å². The summed E-state index contributed by atoms with van der Waals surface area (Å²) in [5.41, 5.74) is 1.36. The quantitative estimate of drug-likeness (QED) is 0.226. The van der Waals surface area contributed by atoms with Crippen LogP contribution in [-0.2, 0) is 0 Å². The summed E-state index contributed by atoms with van der Waals surface area (Å²) >= 11 is 0. The highest BCUT2D eigenvalue weighted by Crippen LogP contribution is 1.05. The molecular formula is CH3N2O. The van der Waals surface area contributed by atoms with Gasteiger partial charge in [-0.15, -0.1) is 5.41 Å². The van der Waals surface area contributed by atoms with Gasteiger partial charge in [0.1, 0.15) is 6.34 Å². The number of nitrogens with zero attached hydrogens (tertiary/aromatic N) is 1. The lowest BCUT2D eigenvalue weighted by molar-refractivity contribution is 0.240. The van der Waals surface area contributed by atoms with Gasteiger partial charge in [0.25, 0.3) is 0 Å². The molecule has 23 valence electrons. The molecule has 0 amide bonds. The summed E-state index contributed by atoms with van der Waals surface area (Å²) in [5, 5.41) is 14.7. The maximum atomic E-state index is 7.39. The van der Waals surface area contributed by atoms with E-state index in [1.807, 2.05) is 0 Å². The Bertz CT molecular complexity index is 20.0. The zero-order chi connectivity index (χ0) is 3.41. The second-order valence-corrected chi connectivity index (χ2v) is 0.258. The Hall–Kier alpha value is -0.570. The van der Waals surface area contributed by atoms with Crippen LogP contribution in [0.2, 0.25) is 0 Å². The SMILES string of the molecule is [N]=CNO. The van der Waals surface area contributed by atoms with Crippen molar-refractivity contribution < 1.29 is 5.21 Å². The van der Waals surface area contributed by atoms with Crippen molar-refractivity contribution in [2.45, 2.75) is 0 Å². The van der Waals surface area contributed by atoms with Crippen molar-refractivity contribution in [2.24, 2.45) is 0 Å². The van der Waals surface area contributed by atoms with Gasteiger partial charge in [-0.2, -0.15) is 0 Å². The van der Waals surface area contributed by atoms with Crippen LogP contribution < -0.4 is 10.9 Å². The van der Waals surface area contributed by atoms with Gasteiger partial charge < -0.3 is 0 Å². The first kappa shape index (κ1) is 3.43. The summed E-state index contributed by atoms with van der Waals surface area (Å²) in [7, 11) is 0. The lowest BCUT2D eigenvalue weighted by Gasteiger charge is -1.66. The largest absolute Gasteiger partial charge is 0.290 e. The minimum absolute atomic E-state index is 0.431. The lowest BCUT2D eigenvalue weighted by atomic mass is 11.4. The average Bonchev–Trinajstić information content (AvgIpc) is 1.37. The van der Waals surface area contributed by atoms with Crippen LogP contribution in [0.15, 0.2) is 0 Å². The molecular weight excluding hydrogens is 56.0 g/mol. The Balaban J connectivity index is 2.30. The van der Waals surface area contributed by atoms with Crippen LogP contribution in [0.1, 0.15) is 0 Å². The summed E-state index contributed by atoms with van der Waals surface area (Å²) < 4.78 is 0. The molecule has 0 rings (SSSR count). The van der Waals surface area contributed by atoms with Gasteiger partial charge in [0.05, 0.1) is 0 Å². The molecule has 0 aliphatic heterocycles. The van der Waals surface area contributed by atoms with Gasteiger partial charge in [0.2, 0.25) is 0 Å². The predicted molar refractivity (Wildman–Crippen MR) is 13.1 cm³/mol. The van der Waals surface area contributed by atoms with Gasteiger partial charge >= 0.3 is 0 Å². The molecule has 0 aliphatic carbocycles. The van der Waals surface area contributed by atoms with Crippen molar-refractivity contribution in [3.63, 3.8) is 0 Å². The topological polar surface area (TPSA) is 54.6 Å². The lowest BCUT2D eigenvalue weighted by Crippen LogP contribution is -2.01. The molecule has 0 aromatic rings. The molecule has 3 nitrogen and oxygen atoms in total. The van der Waals surface area contributed by atoms with E-state index in [1.54, 1.807) is 0 Å². The third-order valence-electron chi connectivity index (χ3n) is 0.0577. The monoisotopic (exact) mass is 59.0 g/mol. The van der Waals surface area contributed by atoms with Crippen molar-refractivity contribution in [2.75, 3.05) is 0 Å². The van der Waals surface area contributed by atoms with Crippen molar-refractivity contribution in [1.29, 1.82) is 0 Å². The van der Waals surface area contributed by atoms with Crippen LogP contribution in [0.4, 0.5) is 0 Å². The molecule has 0 unspecified atom stereocenters. The van der Waals surface area contributed by atoms with Gasteiger partial charge in [-0.25, -0.2) is 0 Å². The molecule has 1 radical (unpaired) electrons. The van der Waals surface area contributed by atoms with Crippen LogP contribution in [0.5, 0.6) is 0 Å². The second kappa shape index (κ2) is 2.43. The van der Waals surface area contributed by atoms with Gasteiger partial charge in [-0.1, -0.05) is 0 Å². The van der Waals surface area contributed by atoms with Crippen molar-refractivity contribution in [3.05, 3.63) is 0 Å². The summed E-state index contributed by atoms with van der Waals surface area (Å²) in [6.07, 6.45) is 0.431. The van der Waals surface area contributed by atoms with Gasteiger partial charge in [-0.3, -0.25) is 10.7 Å². The minimum atomic E-state index is 0.431. The molecule has 0 heterocycles. The highest BCUT2D eigenvalue weighted by molar-refractivity contribution is 5.48. The van der Waals surface area contributed by atoms with Crippen LogP contribution >= 0.6 is 0 Å². The molecule has 0 fully saturated rings. The first-order valence-corrected chi connectivity index (χ1v) is 0.770. The van der Waals surface area contributed by atoms with E-state index in [4.69, 9.17) is 10.6 Å². The number of rotatable bonds is 1. The molecule has 0 bridgehead atoms. The molecule has 0 aromatic carbocycles. The Morgan fingerprint density at radius 2 is 2.25 bits per heavy atom. The van der Waals surface area contributed by atoms with E-state index in [0.717, 1.165) is 0 Å². The molecule has 0 aromatic heterocycles. The van der Waals surface area contributed by atoms with E-state index in [-0.39, 0.29) is 0 Å². The van der Waals surface area contributed by atoms with E-state index < -0.39 is 0 Å². The van der Waals surface area contributed by atoms with Gasteiger partial charge in [0, 0.05) is 0 Å². The number of nitrogens with one attached hydrogen (secondary N) is 1. The van der Waals surface area contributed by atoms with E-state index in [9.17, 15) is 0 Å². The zero-order valence-corrected chi connectivity index (χ0v) is 1.97. The van der Waals surface area contributed by atoms with Crippen molar-refractivity contribution in [1.82, 2.24) is 10.9 Å². The maximum absolute atomic E-state index is 7.39. The Morgan fingerprint density at radius 3 is 2.25 bits per heavy atom. The molecule has 0 saturated heterocycles. The minimum Gasteiger partial charge on any atom is -0.290 e. The van der Waals surface area contributed by atoms with Crippen molar-refractivity contribution in [3.8, 4) is 0 Å². The summed E-state index contributed by atoms with van der Waals surface area (Å²) in [4.78, 5) is 0. The van der Waals surface area contributed by atoms with E-state index >= 15 is 0 Å². The van der Waals surface area contributed by atoms with Gasteiger partial charge in [-0.05, 0) is 0 Å². The highest BCUT2D eigenvalue weighted by atomic mass is 16.5. The van der Waals surface area contributed by atoms with Crippen molar-refractivity contribution >= 4 is 6.34 Å². The molecule has 0 atom stereocenters. The Kier molecular flexibility index (Phi) is 2.08. The first-order chi connectivity index (χ1) is 1.91. The Morgan fingerprint density at radius 1 is 2.00 bits per heavy atom. The molecule has 3 heteroatoms. The van der Waals surface area contributed by atoms with Gasteiger partial charge in [0.15, 0.2) is 0 Å². The van der Waals surface area contributed by atoms with Crippen LogP contribution in [0.25, 0.3) is 0 Å². The zero-order valence-electron chi connectivity index (χ0n) is 1.97. The maximum Gasteiger partial charge on any atom is 0.135 e. The molecule has 0 spiro atoms. The fraction of sp³-hybridized carbons (Fsp3) is 0. The van der Waals surface area contributed by atoms with Crippen LogP contribution in [-0.4, -0.2) is 11.5 Å². The number of hydroxylamine groups is 1. The second-order valence-electron chi connectivity index (χ2n) is 0.258. The summed E-state index contributed by atoms with van der Waals surface area (Å²) in [6, 6.07) is 0. The number of hydrogen-bond donors (Lipinski definition) is 2. The molecule has 0 aliphatic rings. The fourth-order valence-corrected chi connectivity index (χ4v) is 0. The fourth-order valence-electron chi connectivity index (χ4n) is 0. The summed E-state index contributed by atoms with van der Waals surface area (Å²) in [5.74, 6) is 0. The van der Waals surface area contributed by atoms with E-state index in [1.165, 1.54) is 5.48 Å². The molecule has 2 N–H and O–H groups in total. The average molecular weight is 59.0 g/mol.